The standard InChI is InChI=1S/C38H34F6N2O7/c1-36(2,3)53-35(50)45-21-19-24-6-13-30(52-29-16-9-26(10-17-29)38(42,43)44)22-31(24)32(45)33(47)46(34(48)49)20-18-23-4-11-27(12-5-23)51-28-14-7-25(8-15-28)37(39,40)41/h4-17,22,32H,18-21H2,1-3H3,(H,48,49)/t32-/m0/s1. The van der Waals surface area contributed by atoms with Crippen molar-refractivity contribution >= 4 is 18.1 Å². The van der Waals surface area contributed by atoms with Gasteiger partial charge in [0.25, 0.3) is 5.91 Å². The zero-order valence-corrected chi connectivity index (χ0v) is 28.6. The van der Waals surface area contributed by atoms with E-state index >= 15 is 0 Å². The number of benzene rings is 4. The molecule has 0 radical (unpaired) electrons. The summed E-state index contributed by atoms with van der Waals surface area (Å²) >= 11 is 0. The minimum atomic E-state index is -4.55. The minimum absolute atomic E-state index is 0.0191. The molecule has 15 heteroatoms. The van der Waals surface area contributed by atoms with Crippen LogP contribution in [0.3, 0.4) is 0 Å². The molecule has 0 aliphatic carbocycles. The van der Waals surface area contributed by atoms with Crippen LogP contribution in [0.2, 0.25) is 0 Å². The van der Waals surface area contributed by atoms with Gasteiger partial charge in [0.15, 0.2) is 0 Å². The first kappa shape index (κ1) is 38.5. The zero-order chi connectivity index (χ0) is 38.7. The van der Waals surface area contributed by atoms with E-state index in [1.165, 1.54) is 18.2 Å². The SMILES string of the molecule is CC(C)(C)OC(=O)N1CCc2ccc(Oc3ccc(C(F)(F)F)cc3)cc2[C@H]1C(=O)N(CCc1ccc(Oc2ccc(C(F)(F)F)cc2)cc1)C(=O)O. The smallest absolute Gasteiger partial charge is 0.416 e. The summed E-state index contributed by atoms with van der Waals surface area (Å²) < 4.78 is 94.8. The molecule has 1 heterocycles. The van der Waals surface area contributed by atoms with Gasteiger partial charge in [0.2, 0.25) is 0 Å². The van der Waals surface area contributed by atoms with Crippen molar-refractivity contribution in [1.29, 1.82) is 0 Å². The van der Waals surface area contributed by atoms with Crippen molar-refractivity contribution in [3.63, 3.8) is 0 Å². The fraction of sp³-hybridized carbons (Fsp3) is 0.289. The van der Waals surface area contributed by atoms with Gasteiger partial charge in [-0.1, -0.05) is 18.2 Å². The molecule has 3 amide bonds. The highest BCUT2D eigenvalue weighted by atomic mass is 19.4. The molecule has 0 aromatic heterocycles. The third-order valence-corrected chi connectivity index (χ3v) is 8.09. The Labute approximate surface area is 300 Å². The van der Waals surface area contributed by atoms with Crippen molar-refractivity contribution < 1.29 is 60.0 Å². The number of carboxylic acid groups (broad SMARTS) is 1. The molecule has 4 aromatic carbocycles. The summed E-state index contributed by atoms with van der Waals surface area (Å²) in [5, 5.41) is 10.2. The minimum Gasteiger partial charge on any atom is -0.465 e. The maximum Gasteiger partial charge on any atom is 0.416 e. The Morgan fingerprint density at radius 3 is 1.68 bits per heavy atom. The second kappa shape index (κ2) is 15.1. The number of rotatable bonds is 8. The van der Waals surface area contributed by atoms with Crippen molar-refractivity contribution in [3.05, 3.63) is 119 Å². The number of nitrogens with zero attached hydrogens (tertiary/aromatic N) is 2. The molecule has 0 saturated carbocycles. The summed E-state index contributed by atoms with van der Waals surface area (Å²) in [6.45, 7) is 4.62. The number of amides is 3. The molecule has 1 atom stereocenters. The second-order valence-corrected chi connectivity index (χ2v) is 13.1. The van der Waals surface area contributed by atoms with E-state index in [-0.39, 0.29) is 48.7 Å². The van der Waals surface area contributed by atoms with Crippen LogP contribution in [0.15, 0.2) is 91.0 Å². The molecular formula is C38H34F6N2O7. The fourth-order valence-electron chi connectivity index (χ4n) is 5.55. The van der Waals surface area contributed by atoms with Crippen LogP contribution in [0.5, 0.6) is 23.0 Å². The number of ether oxygens (including phenoxy) is 3. The third-order valence-electron chi connectivity index (χ3n) is 8.09. The molecule has 1 N–H and O–H groups in total. The lowest BCUT2D eigenvalue weighted by Crippen LogP contribution is -2.51. The van der Waals surface area contributed by atoms with Crippen LogP contribution >= 0.6 is 0 Å². The van der Waals surface area contributed by atoms with Gasteiger partial charge in [-0.05, 0) is 123 Å². The maximum absolute atomic E-state index is 14.2. The Morgan fingerprint density at radius 1 is 0.736 bits per heavy atom. The van der Waals surface area contributed by atoms with E-state index in [9.17, 15) is 45.8 Å². The predicted octanol–water partition coefficient (Wildman–Crippen LogP) is 9.89. The van der Waals surface area contributed by atoms with Gasteiger partial charge in [-0.3, -0.25) is 9.69 Å². The Hall–Kier alpha value is -5.73. The molecule has 53 heavy (non-hydrogen) atoms. The van der Waals surface area contributed by atoms with Gasteiger partial charge < -0.3 is 19.3 Å². The first-order valence-electron chi connectivity index (χ1n) is 16.2. The van der Waals surface area contributed by atoms with Crippen LogP contribution in [-0.2, 0) is 34.7 Å². The van der Waals surface area contributed by atoms with E-state index in [0.717, 1.165) is 41.3 Å². The molecular weight excluding hydrogens is 710 g/mol. The Bertz CT molecular complexity index is 1940. The summed E-state index contributed by atoms with van der Waals surface area (Å²) in [7, 11) is 0. The summed E-state index contributed by atoms with van der Waals surface area (Å²) in [6.07, 6.45) is -11.1. The molecule has 280 valence electrons. The molecule has 1 aliphatic heterocycles. The average Bonchev–Trinajstić information content (AvgIpc) is 3.07. The summed E-state index contributed by atoms with van der Waals surface area (Å²) in [5.41, 5.74) is -1.16. The van der Waals surface area contributed by atoms with Gasteiger partial charge in [0.05, 0.1) is 11.1 Å². The summed E-state index contributed by atoms with van der Waals surface area (Å²) in [5.74, 6) is -0.265. The summed E-state index contributed by atoms with van der Waals surface area (Å²) in [4.78, 5) is 41.9. The quantitative estimate of drug-likeness (QED) is 0.179. The molecule has 9 nitrogen and oxygen atoms in total. The molecule has 0 saturated heterocycles. The van der Waals surface area contributed by atoms with Crippen molar-refractivity contribution in [2.45, 2.75) is 57.6 Å². The molecule has 0 unspecified atom stereocenters. The van der Waals surface area contributed by atoms with Gasteiger partial charge in [-0.25, -0.2) is 14.5 Å². The van der Waals surface area contributed by atoms with Crippen molar-refractivity contribution in [1.82, 2.24) is 9.80 Å². The van der Waals surface area contributed by atoms with Crippen LogP contribution < -0.4 is 9.47 Å². The van der Waals surface area contributed by atoms with Crippen molar-refractivity contribution in [3.8, 4) is 23.0 Å². The molecule has 0 bridgehead atoms. The van der Waals surface area contributed by atoms with E-state index in [0.29, 0.717) is 21.8 Å². The van der Waals surface area contributed by atoms with Gasteiger partial charge in [-0.2, -0.15) is 26.3 Å². The highest BCUT2D eigenvalue weighted by Gasteiger charge is 2.42. The monoisotopic (exact) mass is 744 g/mol. The van der Waals surface area contributed by atoms with Crippen molar-refractivity contribution in [2.75, 3.05) is 13.1 Å². The lowest BCUT2D eigenvalue weighted by Gasteiger charge is -2.38. The molecule has 1 aliphatic rings. The van der Waals surface area contributed by atoms with E-state index < -0.39 is 53.2 Å². The normalized spacial score (nSPS) is 14.6. The van der Waals surface area contributed by atoms with Gasteiger partial charge in [-0.15, -0.1) is 0 Å². The van der Waals surface area contributed by atoms with Crippen LogP contribution in [0.1, 0.15) is 54.6 Å². The Kier molecular flexibility index (Phi) is 11.0. The molecule has 0 spiro atoms. The number of carbonyl (C=O) groups is 3. The number of imide groups is 1. The van der Waals surface area contributed by atoms with Gasteiger partial charge in [0.1, 0.15) is 34.6 Å². The van der Waals surface area contributed by atoms with Crippen LogP contribution in [0, 0.1) is 0 Å². The average molecular weight is 745 g/mol. The lowest BCUT2D eigenvalue weighted by molar-refractivity contribution is -0.138. The van der Waals surface area contributed by atoms with E-state index in [2.05, 4.69) is 0 Å². The fourth-order valence-corrected chi connectivity index (χ4v) is 5.55. The number of hydrogen-bond acceptors (Lipinski definition) is 6. The highest BCUT2D eigenvalue weighted by Crippen LogP contribution is 2.37. The van der Waals surface area contributed by atoms with Gasteiger partial charge in [0, 0.05) is 13.1 Å². The Morgan fingerprint density at radius 2 is 1.21 bits per heavy atom. The van der Waals surface area contributed by atoms with Gasteiger partial charge >= 0.3 is 24.5 Å². The first-order chi connectivity index (χ1) is 24.8. The highest BCUT2D eigenvalue weighted by molar-refractivity contribution is 5.97. The van der Waals surface area contributed by atoms with Crippen LogP contribution in [0.4, 0.5) is 35.9 Å². The topological polar surface area (TPSA) is 106 Å². The largest absolute Gasteiger partial charge is 0.465 e. The molecule has 4 aromatic rings. The number of fused-ring (bicyclic) bond motifs is 1. The third kappa shape index (κ3) is 9.78. The van der Waals surface area contributed by atoms with Crippen LogP contribution in [-0.4, -0.2) is 51.7 Å². The maximum atomic E-state index is 14.2. The second-order valence-electron chi connectivity index (χ2n) is 13.1. The lowest BCUT2D eigenvalue weighted by atomic mass is 9.91. The summed E-state index contributed by atoms with van der Waals surface area (Å²) in [6, 6.07) is 17.6. The number of alkyl halides is 6. The number of hydrogen-bond donors (Lipinski definition) is 1. The zero-order valence-electron chi connectivity index (χ0n) is 28.6. The number of halogens is 6. The first-order valence-corrected chi connectivity index (χ1v) is 16.2. The number of carbonyl (C=O) groups excluding carboxylic acids is 2. The van der Waals surface area contributed by atoms with Crippen molar-refractivity contribution in [2.24, 2.45) is 0 Å². The van der Waals surface area contributed by atoms with Crippen LogP contribution in [0.25, 0.3) is 0 Å². The predicted molar refractivity (Wildman–Crippen MR) is 179 cm³/mol. The molecule has 0 fully saturated rings. The van der Waals surface area contributed by atoms with E-state index in [1.54, 1.807) is 57.2 Å². The molecule has 5 rings (SSSR count). The van der Waals surface area contributed by atoms with E-state index in [1.807, 2.05) is 0 Å². The Balaban J connectivity index is 1.37. The van der Waals surface area contributed by atoms with E-state index in [4.69, 9.17) is 14.2 Å².